The number of fused-ring (bicyclic) bond motifs is 2. The van der Waals surface area contributed by atoms with Gasteiger partial charge in [0.25, 0.3) is 0 Å². The van der Waals surface area contributed by atoms with Crippen LogP contribution < -0.4 is 10.2 Å². The van der Waals surface area contributed by atoms with E-state index in [0.717, 1.165) is 17.0 Å². The van der Waals surface area contributed by atoms with Crippen LogP contribution in [0.2, 0.25) is 0 Å². The lowest BCUT2D eigenvalue weighted by Gasteiger charge is -2.40. The average Bonchev–Trinajstić information content (AvgIpc) is 2.89. The van der Waals surface area contributed by atoms with E-state index in [1.165, 1.54) is 22.7 Å². The third kappa shape index (κ3) is 5.62. The zero-order valence-corrected chi connectivity index (χ0v) is 20.7. The Bertz CT molecular complexity index is 1270. The van der Waals surface area contributed by atoms with E-state index in [1.807, 2.05) is 0 Å². The van der Waals surface area contributed by atoms with Gasteiger partial charge in [0.15, 0.2) is 5.78 Å². The predicted octanol–water partition coefficient (Wildman–Crippen LogP) is 4.78. The number of carboxylic acids is 1. The summed E-state index contributed by atoms with van der Waals surface area (Å²) in [4.78, 5) is 53.5. The summed E-state index contributed by atoms with van der Waals surface area (Å²) in [6, 6.07) is 6.28. The number of likely N-dealkylation sites (tertiary alicyclic amines) is 1. The number of rotatable bonds is 6. The Morgan fingerprint density at radius 1 is 1.05 bits per heavy atom. The maximum atomic E-state index is 14.0. The average molecular weight is 554 g/mol. The molecule has 13 heteroatoms. The van der Waals surface area contributed by atoms with Crippen molar-refractivity contribution in [2.24, 2.45) is 0 Å². The van der Waals surface area contributed by atoms with Gasteiger partial charge in [0.1, 0.15) is 18.8 Å². The second kappa shape index (κ2) is 11.0. The molecule has 1 fully saturated rings. The summed E-state index contributed by atoms with van der Waals surface area (Å²) in [6.45, 7) is -1.39. The monoisotopic (exact) mass is 553 g/mol. The number of halogens is 4. The van der Waals surface area contributed by atoms with Gasteiger partial charge in [-0.2, -0.15) is 13.2 Å². The van der Waals surface area contributed by atoms with Crippen molar-refractivity contribution in [3.05, 3.63) is 48.0 Å². The molecule has 4 rings (SSSR count). The number of hydrogen-bond acceptors (Lipinski definition) is 5. The second-order valence-corrected chi connectivity index (χ2v) is 9.92. The zero-order valence-electron chi connectivity index (χ0n) is 19.8. The smallest absolute Gasteiger partial charge is 0.416 e. The Hall–Kier alpha value is -3.61. The molecule has 8 nitrogen and oxygen atoms in total. The molecule has 0 spiro atoms. The minimum absolute atomic E-state index is 0.00891. The fourth-order valence-corrected chi connectivity index (χ4v) is 5.52. The van der Waals surface area contributed by atoms with E-state index in [0.29, 0.717) is 28.3 Å². The van der Waals surface area contributed by atoms with Crippen LogP contribution in [0.3, 0.4) is 0 Å². The molecule has 0 aliphatic carbocycles. The number of Topliss-reactive ketones (excluding diaryl/α,β-unsaturated/α-hetero) is 1. The van der Waals surface area contributed by atoms with Gasteiger partial charge in [-0.3, -0.25) is 19.3 Å². The van der Waals surface area contributed by atoms with Crippen molar-refractivity contribution < 1.29 is 41.8 Å². The molecule has 1 saturated heterocycles. The number of carbonyl (C=O) groups is 4. The SMILES string of the molecule is O=C(O)CC(NC(=O)[C@@H]1CCCCN1C(=O)N1c2ccccc2Sc2ccc(C(F)(F)F)cc21)C(=O)CF. The van der Waals surface area contributed by atoms with Crippen LogP contribution in [-0.2, 0) is 20.6 Å². The van der Waals surface area contributed by atoms with Gasteiger partial charge in [0, 0.05) is 16.3 Å². The van der Waals surface area contributed by atoms with Crippen LogP contribution in [0.4, 0.5) is 33.7 Å². The summed E-state index contributed by atoms with van der Waals surface area (Å²) < 4.78 is 53.6. The summed E-state index contributed by atoms with van der Waals surface area (Å²) in [6.07, 6.45) is -4.28. The topological polar surface area (TPSA) is 107 Å². The third-order valence-corrected chi connectivity index (χ3v) is 7.44. The number of carbonyl (C=O) groups excluding carboxylic acids is 3. The lowest BCUT2D eigenvalue weighted by Crippen LogP contribution is -2.57. The molecule has 0 bridgehead atoms. The van der Waals surface area contributed by atoms with Crippen LogP contribution >= 0.6 is 11.8 Å². The van der Waals surface area contributed by atoms with Gasteiger partial charge in [0.05, 0.1) is 23.4 Å². The van der Waals surface area contributed by atoms with E-state index >= 15 is 0 Å². The predicted molar refractivity (Wildman–Crippen MR) is 129 cm³/mol. The molecule has 2 aliphatic rings. The first-order chi connectivity index (χ1) is 18.0. The highest BCUT2D eigenvalue weighted by Gasteiger charge is 2.40. The molecule has 202 valence electrons. The maximum absolute atomic E-state index is 14.0. The van der Waals surface area contributed by atoms with Gasteiger partial charge >= 0.3 is 18.2 Å². The first kappa shape index (κ1) is 27.4. The standard InChI is InChI=1S/C25H23F4N3O5S/c26-13-19(33)15(12-22(34)35)30-23(36)17-6-3-4-10-31(17)24(37)32-16-5-1-2-7-20(16)38-21-9-8-14(11-18(21)32)25(27,28)29/h1-2,5,7-9,11,15,17H,3-4,6,10,12-13H2,(H,30,36)(H,34,35)/t15?,17-/m0/s1. The number of para-hydroxylation sites is 1. The zero-order chi connectivity index (χ0) is 27.6. The van der Waals surface area contributed by atoms with E-state index in [9.17, 15) is 36.7 Å². The second-order valence-electron chi connectivity index (χ2n) is 8.83. The van der Waals surface area contributed by atoms with Gasteiger partial charge in [-0.1, -0.05) is 23.9 Å². The highest BCUT2D eigenvalue weighted by atomic mass is 32.2. The number of anilines is 2. The Morgan fingerprint density at radius 3 is 2.45 bits per heavy atom. The van der Waals surface area contributed by atoms with Crippen LogP contribution in [-0.4, -0.2) is 59.0 Å². The number of amides is 3. The molecule has 2 aromatic rings. The number of urea groups is 1. The number of carboxylic acid groups (broad SMARTS) is 1. The van der Waals surface area contributed by atoms with Crippen LogP contribution in [0.25, 0.3) is 0 Å². The van der Waals surface area contributed by atoms with Gasteiger partial charge in [0.2, 0.25) is 5.91 Å². The Morgan fingerprint density at radius 2 is 1.76 bits per heavy atom. The fourth-order valence-electron chi connectivity index (χ4n) is 4.48. The molecule has 0 radical (unpaired) electrons. The molecule has 1 unspecified atom stereocenters. The van der Waals surface area contributed by atoms with Crippen molar-refractivity contribution in [3.8, 4) is 0 Å². The lowest BCUT2D eigenvalue weighted by molar-refractivity contribution is -0.141. The molecule has 0 saturated carbocycles. The number of hydrogen-bond donors (Lipinski definition) is 2. The highest BCUT2D eigenvalue weighted by Crippen LogP contribution is 2.50. The maximum Gasteiger partial charge on any atom is 0.416 e. The minimum atomic E-state index is -4.65. The van der Waals surface area contributed by atoms with Crippen molar-refractivity contribution in [2.75, 3.05) is 18.1 Å². The molecule has 38 heavy (non-hydrogen) atoms. The van der Waals surface area contributed by atoms with Crippen LogP contribution in [0.1, 0.15) is 31.2 Å². The summed E-state index contributed by atoms with van der Waals surface area (Å²) in [7, 11) is 0. The van der Waals surface area contributed by atoms with Gasteiger partial charge in [-0.25, -0.2) is 9.18 Å². The number of alkyl halides is 4. The summed E-state index contributed by atoms with van der Waals surface area (Å²) >= 11 is 1.21. The number of nitrogens with one attached hydrogen (secondary N) is 1. The quantitative estimate of drug-likeness (QED) is 0.499. The normalized spacial score (nSPS) is 17.7. The highest BCUT2D eigenvalue weighted by molar-refractivity contribution is 7.99. The molecule has 2 atom stereocenters. The van der Waals surface area contributed by atoms with E-state index in [2.05, 4.69) is 5.32 Å². The number of benzene rings is 2. The van der Waals surface area contributed by atoms with Gasteiger partial charge in [-0.15, -0.1) is 0 Å². The molecule has 2 aromatic carbocycles. The van der Waals surface area contributed by atoms with Crippen molar-refractivity contribution in [1.29, 1.82) is 0 Å². The van der Waals surface area contributed by atoms with E-state index in [4.69, 9.17) is 5.11 Å². The summed E-state index contributed by atoms with van der Waals surface area (Å²) in [5, 5.41) is 11.3. The molecule has 0 aromatic heterocycles. The van der Waals surface area contributed by atoms with Crippen molar-refractivity contribution >= 4 is 46.8 Å². The third-order valence-electron chi connectivity index (χ3n) is 6.31. The van der Waals surface area contributed by atoms with Gasteiger partial charge < -0.3 is 15.3 Å². The van der Waals surface area contributed by atoms with Crippen LogP contribution in [0, 0.1) is 0 Å². The Balaban J connectivity index is 1.70. The minimum Gasteiger partial charge on any atom is -0.481 e. The van der Waals surface area contributed by atoms with Gasteiger partial charge in [-0.05, 0) is 49.6 Å². The molecule has 2 heterocycles. The van der Waals surface area contributed by atoms with Crippen LogP contribution in [0.5, 0.6) is 0 Å². The summed E-state index contributed by atoms with van der Waals surface area (Å²) in [5.41, 5.74) is -0.590. The van der Waals surface area contributed by atoms with Crippen molar-refractivity contribution in [3.63, 3.8) is 0 Å². The largest absolute Gasteiger partial charge is 0.481 e. The fraction of sp³-hybridized carbons (Fsp3) is 0.360. The Kier molecular flexibility index (Phi) is 7.95. The van der Waals surface area contributed by atoms with Crippen molar-refractivity contribution in [2.45, 2.75) is 53.7 Å². The summed E-state index contributed by atoms with van der Waals surface area (Å²) in [5.74, 6) is -3.38. The molecule has 3 amide bonds. The van der Waals surface area contributed by atoms with Crippen LogP contribution in [0.15, 0.2) is 52.3 Å². The first-order valence-corrected chi connectivity index (χ1v) is 12.5. The lowest BCUT2D eigenvalue weighted by atomic mass is 10.0. The molecular formula is C25H23F4N3O5S. The van der Waals surface area contributed by atoms with Crippen molar-refractivity contribution in [1.82, 2.24) is 10.2 Å². The number of aliphatic carboxylic acids is 1. The number of ketones is 1. The first-order valence-electron chi connectivity index (χ1n) is 11.7. The number of nitrogens with zero attached hydrogens (tertiary/aromatic N) is 2. The van der Waals surface area contributed by atoms with E-state index < -0.39 is 60.6 Å². The molecule has 2 N–H and O–H groups in total. The Labute approximate surface area is 219 Å². The molecular weight excluding hydrogens is 530 g/mol. The van der Waals surface area contributed by atoms with E-state index in [-0.39, 0.29) is 18.7 Å². The number of piperidine rings is 1. The van der Waals surface area contributed by atoms with E-state index in [1.54, 1.807) is 24.3 Å². The molecule has 2 aliphatic heterocycles.